The van der Waals surface area contributed by atoms with Crippen LogP contribution in [0, 0.1) is 10.5 Å². The lowest BCUT2D eigenvalue weighted by molar-refractivity contribution is 1.26. The molecule has 0 aliphatic carbocycles. The number of nitrogens with two attached hydrogens (primary N) is 1. The van der Waals surface area contributed by atoms with Crippen LogP contribution in [0.25, 0.3) is 0 Å². The van der Waals surface area contributed by atoms with E-state index in [-0.39, 0.29) is 0 Å². The maximum absolute atomic E-state index is 6.09. The Bertz CT molecular complexity index is 557. The predicted molar refractivity (Wildman–Crippen MR) is 80.8 cm³/mol. The van der Waals surface area contributed by atoms with Crippen molar-refractivity contribution in [2.45, 2.75) is 6.92 Å². The van der Waals surface area contributed by atoms with E-state index in [1.54, 1.807) is 12.3 Å². The first-order valence-corrected chi connectivity index (χ1v) is 6.46. The maximum atomic E-state index is 6.09. The van der Waals surface area contributed by atoms with E-state index >= 15 is 0 Å². The summed E-state index contributed by atoms with van der Waals surface area (Å²) in [4.78, 5) is 4.25. The molecule has 0 radical (unpaired) electrons. The lowest BCUT2D eigenvalue weighted by Crippen LogP contribution is -1.98. The quantitative estimate of drug-likeness (QED) is 0.798. The molecule has 0 spiro atoms. The van der Waals surface area contributed by atoms with Crippen LogP contribution in [-0.4, -0.2) is 4.98 Å². The summed E-state index contributed by atoms with van der Waals surface area (Å²) in [6.07, 6.45) is 1.74. The monoisotopic (exact) mass is 359 g/mol. The summed E-state index contributed by atoms with van der Waals surface area (Å²) in [5.41, 5.74) is 8.33. The van der Waals surface area contributed by atoms with Gasteiger partial charge in [0.05, 0.1) is 10.7 Å². The number of nitrogens with zero attached hydrogens (tertiary/aromatic N) is 1. The first-order valence-electron chi connectivity index (χ1n) is 5.00. The van der Waals surface area contributed by atoms with Gasteiger partial charge in [0.1, 0.15) is 5.82 Å². The second kappa shape index (κ2) is 5.10. The fraction of sp³-hybridized carbons (Fsp3) is 0.0833. The number of benzene rings is 1. The van der Waals surface area contributed by atoms with Gasteiger partial charge in [-0.2, -0.15) is 0 Å². The zero-order valence-corrected chi connectivity index (χ0v) is 12.1. The molecule has 0 bridgehead atoms. The van der Waals surface area contributed by atoms with Crippen molar-refractivity contribution in [1.82, 2.24) is 4.98 Å². The van der Waals surface area contributed by atoms with Gasteiger partial charge in [0, 0.05) is 21.5 Å². The van der Waals surface area contributed by atoms with Crippen molar-refractivity contribution in [2.24, 2.45) is 0 Å². The van der Waals surface area contributed by atoms with Crippen molar-refractivity contribution in [3.05, 3.63) is 44.6 Å². The molecular weight excluding hydrogens is 349 g/mol. The summed E-state index contributed by atoms with van der Waals surface area (Å²) in [7, 11) is 0. The molecule has 88 valence electrons. The van der Waals surface area contributed by atoms with Crippen molar-refractivity contribution in [1.29, 1.82) is 0 Å². The molecule has 3 nitrogen and oxygen atoms in total. The number of hydrogen-bond acceptors (Lipinski definition) is 3. The molecule has 1 heterocycles. The second-order valence-electron chi connectivity index (χ2n) is 3.68. The van der Waals surface area contributed by atoms with E-state index in [1.807, 2.05) is 25.1 Å². The molecule has 3 N–H and O–H groups in total. The first-order chi connectivity index (χ1) is 8.06. The molecule has 2 aromatic rings. The largest absolute Gasteiger partial charge is 0.398 e. The van der Waals surface area contributed by atoms with Crippen molar-refractivity contribution in [3.63, 3.8) is 0 Å². The van der Waals surface area contributed by atoms with Crippen LogP contribution >= 0.6 is 34.2 Å². The number of rotatable bonds is 2. The number of aromatic nitrogens is 1. The number of nitrogen functional groups attached to an aromatic ring is 1. The third-order valence-electron chi connectivity index (χ3n) is 2.34. The molecule has 1 aromatic carbocycles. The molecule has 0 unspecified atom stereocenters. The minimum atomic E-state index is 0.659. The van der Waals surface area contributed by atoms with E-state index in [1.165, 1.54) is 0 Å². The Morgan fingerprint density at radius 1 is 1.35 bits per heavy atom. The molecule has 1 aromatic heterocycles. The van der Waals surface area contributed by atoms with Gasteiger partial charge in [0.2, 0.25) is 0 Å². The van der Waals surface area contributed by atoms with Gasteiger partial charge >= 0.3 is 0 Å². The van der Waals surface area contributed by atoms with Gasteiger partial charge in [-0.25, -0.2) is 4.98 Å². The van der Waals surface area contributed by atoms with E-state index in [2.05, 4.69) is 32.9 Å². The zero-order valence-electron chi connectivity index (χ0n) is 9.17. The van der Waals surface area contributed by atoms with Gasteiger partial charge < -0.3 is 11.1 Å². The van der Waals surface area contributed by atoms with Crippen molar-refractivity contribution in [2.75, 3.05) is 11.1 Å². The van der Waals surface area contributed by atoms with Crippen LogP contribution in [0.4, 0.5) is 17.2 Å². The highest BCUT2D eigenvalue weighted by Gasteiger charge is 2.03. The molecule has 0 amide bonds. The van der Waals surface area contributed by atoms with Crippen LogP contribution in [-0.2, 0) is 0 Å². The molecule has 2 rings (SSSR count). The number of halogens is 2. The Kier molecular flexibility index (Phi) is 3.73. The lowest BCUT2D eigenvalue weighted by atomic mass is 10.2. The molecule has 0 aliphatic heterocycles. The van der Waals surface area contributed by atoms with Crippen LogP contribution in [0.2, 0.25) is 5.02 Å². The average molecular weight is 360 g/mol. The first kappa shape index (κ1) is 12.4. The van der Waals surface area contributed by atoms with E-state index in [9.17, 15) is 0 Å². The van der Waals surface area contributed by atoms with Gasteiger partial charge in [-0.05, 0) is 53.3 Å². The highest BCUT2D eigenvalue weighted by molar-refractivity contribution is 14.1. The Morgan fingerprint density at radius 2 is 2.12 bits per heavy atom. The van der Waals surface area contributed by atoms with E-state index < -0.39 is 0 Å². The third kappa shape index (κ3) is 3.01. The Balaban J connectivity index is 2.31. The maximum Gasteiger partial charge on any atom is 0.132 e. The summed E-state index contributed by atoms with van der Waals surface area (Å²) in [6.45, 7) is 1.92. The highest BCUT2D eigenvalue weighted by Crippen LogP contribution is 2.27. The molecular formula is C12H11ClIN3. The van der Waals surface area contributed by atoms with Crippen molar-refractivity contribution < 1.29 is 0 Å². The van der Waals surface area contributed by atoms with Crippen molar-refractivity contribution >= 4 is 51.4 Å². The number of pyridine rings is 1. The number of nitrogens with one attached hydrogen (secondary N) is 1. The van der Waals surface area contributed by atoms with Crippen LogP contribution in [0.5, 0.6) is 0 Å². The minimum absolute atomic E-state index is 0.659. The topological polar surface area (TPSA) is 50.9 Å². The molecule has 17 heavy (non-hydrogen) atoms. The summed E-state index contributed by atoms with van der Waals surface area (Å²) < 4.78 is 1.11. The fourth-order valence-corrected chi connectivity index (χ4v) is 1.99. The summed E-state index contributed by atoms with van der Waals surface area (Å²) >= 11 is 8.33. The molecule has 0 aliphatic rings. The average Bonchev–Trinajstić information content (AvgIpc) is 2.29. The van der Waals surface area contributed by atoms with Gasteiger partial charge in [0.15, 0.2) is 0 Å². The Hall–Kier alpha value is -1.01. The van der Waals surface area contributed by atoms with Gasteiger partial charge in [0.25, 0.3) is 0 Å². The Morgan fingerprint density at radius 3 is 2.82 bits per heavy atom. The standard InChI is InChI=1S/C12H11ClIN3/c1-7-6-16-12(5-10(7)15)17-11-4-8(14)2-3-9(11)13/h2-6H,1H3,(H3,15,16,17). The van der Waals surface area contributed by atoms with E-state index in [4.69, 9.17) is 17.3 Å². The number of hydrogen-bond donors (Lipinski definition) is 2. The molecule has 5 heteroatoms. The predicted octanol–water partition coefficient (Wildman–Crippen LogP) is 3.97. The minimum Gasteiger partial charge on any atom is -0.398 e. The SMILES string of the molecule is Cc1cnc(Nc2cc(I)ccc2Cl)cc1N. The van der Waals surface area contributed by atoms with Crippen LogP contribution in [0.1, 0.15) is 5.56 Å². The fourth-order valence-electron chi connectivity index (χ4n) is 1.34. The van der Waals surface area contributed by atoms with Crippen LogP contribution in [0.3, 0.4) is 0 Å². The number of aryl methyl sites for hydroxylation is 1. The Labute approximate surface area is 119 Å². The smallest absolute Gasteiger partial charge is 0.132 e. The highest BCUT2D eigenvalue weighted by atomic mass is 127. The summed E-state index contributed by atoms with van der Waals surface area (Å²) in [5, 5.41) is 3.81. The van der Waals surface area contributed by atoms with Crippen LogP contribution in [0.15, 0.2) is 30.5 Å². The normalized spacial score (nSPS) is 10.3. The zero-order chi connectivity index (χ0) is 12.4. The summed E-state index contributed by atoms with van der Waals surface area (Å²) in [5.74, 6) is 0.692. The van der Waals surface area contributed by atoms with Gasteiger partial charge in [-0.1, -0.05) is 11.6 Å². The summed E-state index contributed by atoms with van der Waals surface area (Å²) in [6, 6.07) is 7.56. The third-order valence-corrected chi connectivity index (χ3v) is 3.34. The molecule has 0 fully saturated rings. The molecule has 0 saturated heterocycles. The van der Waals surface area contributed by atoms with Crippen molar-refractivity contribution in [3.8, 4) is 0 Å². The second-order valence-corrected chi connectivity index (χ2v) is 5.33. The van der Waals surface area contributed by atoms with E-state index in [0.717, 1.165) is 14.8 Å². The molecule has 0 atom stereocenters. The van der Waals surface area contributed by atoms with E-state index in [0.29, 0.717) is 16.5 Å². The number of anilines is 3. The van der Waals surface area contributed by atoms with Crippen LogP contribution < -0.4 is 11.1 Å². The van der Waals surface area contributed by atoms with Gasteiger partial charge in [-0.15, -0.1) is 0 Å². The van der Waals surface area contributed by atoms with Gasteiger partial charge in [-0.3, -0.25) is 0 Å². The molecule has 0 saturated carbocycles. The lowest BCUT2D eigenvalue weighted by Gasteiger charge is -2.09.